The van der Waals surface area contributed by atoms with Crippen LogP contribution in [-0.2, 0) is 11.3 Å². The van der Waals surface area contributed by atoms with Crippen LogP contribution in [0.2, 0.25) is 0 Å². The van der Waals surface area contributed by atoms with Crippen molar-refractivity contribution in [1.29, 1.82) is 0 Å². The molecule has 1 amide bonds. The zero-order chi connectivity index (χ0) is 11.5. The average Bonchev–Trinajstić information content (AvgIpc) is 2.25. The first-order chi connectivity index (χ1) is 7.66. The van der Waals surface area contributed by atoms with Crippen molar-refractivity contribution in [3.63, 3.8) is 0 Å². The number of hydrogen-bond donors (Lipinski definition) is 2. The van der Waals surface area contributed by atoms with E-state index in [1.54, 1.807) is 0 Å². The van der Waals surface area contributed by atoms with E-state index in [4.69, 9.17) is 5.73 Å². The smallest absolute Gasteiger partial charge is 0.217 e. The third-order valence-corrected chi connectivity index (χ3v) is 2.52. The summed E-state index contributed by atoms with van der Waals surface area (Å²) in [5.41, 5.74) is 7.58. The van der Waals surface area contributed by atoms with Crippen molar-refractivity contribution in [2.75, 3.05) is 5.73 Å². The van der Waals surface area contributed by atoms with Gasteiger partial charge >= 0.3 is 0 Å². The van der Waals surface area contributed by atoms with Gasteiger partial charge in [-0.2, -0.15) is 0 Å². The fraction of sp³-hybridized carbons (Fsp3) is 0.154. The maximum atomic E-state index is 10.9. The normalized spacial score (nSPS) is 10.3. The van der Waals surface area contributed by atoms with Gasteiger partial charge in [0.25, 0.3) is 0 Å². The number of amides is 1. The van der Waals surface area contributed by atoms with Gasteiger partial charge in [-0.3, -0.25) is 4.79 Å². The highest BCUT2D eigenvalue weighted by Crippen LogP contribution is 2.21. The van der Waals surface area contributed by atoms with Crippen LogP contribution in [0, 0.1) is 0 Å². The first-order valence-electron chi connectivity index (χ1n) is 5.18. The molecular weight excluding hydrogens is 200 g/mol. The summed E-state index contributed by atoms with van der Waals surface area (Å²) in [4.78, 5) is 10.9. The predicted molar refractivity (Wildman–Crippen MR) is 65.9 cm³/mol. The molecule has 2 rings (SSSR count). The number of hydrogen-bond acceptors (Lipinski definition) is 2. The van der Waals surface area contributed by atoms with Crippen molar-refractivity contribution in [3.05, 3.63) is 42.0 Å². The Bertz CT molecular complexity index is 534. The van der Waals surface area contributed by atoms with Gasteiger partial charge in [-0.1, -0.05) is 24.3 Å². The highest BCUT2D eigenvalue weighted by molar-refractivity contribution is 5.88. The van der Waals surface area contributed by atoms with E-state index in [-0.39, 0.29) is 5.91 Å². The Morgan fingerprint density at radius 2 is 2.12 bits per heavy atom. The van der Waals surface area contributed by atoms with Crippen LogP contribution in [-0.4, -0.2) is 5.91 Å². The third-order valence-electron chi connectivity index (χ3n) is 2.52. The first-order valence-corrected chi connectivity index (χ1v) is 5.18. The standard InChI is InChI=1S/C13H14N2O/c1-9(16)15-8-11-4-2-3-10-7-12(14)5-6-13(10)11/h2-7H,8,14H2,1H3,(H,15,16). The Balaban J connectivity index is 2.41. The lowest BCUT2D eigenvalue weighted by atomic mass is 10.0. The molecule has 0 unspecified atom stereocenters. The molecule has 0 aliphatic rings. The van der Waals surface area contributed by atoms with Crippen molar-refractivity contribution in [2.24, 2.45) is 0 Å². The van der Waals surface area contributed by atoms with E-state index in [1.807, 2.05) is 36.4 Å². The number of fused-ring (bicyclic) bond motifs is 1. The lowest BCUT2D eigenvalue weighted by molar-refractivity contribution is -0.119. The van der Waals surface area contributed by atoms with Crippen LogP contribution in [0.1, 0.15) is 12.5 Å². The van der Waals surface area contributed by atoms with E-state index in [0.29, 0.717) is 6.54 Å². The molecule has 0 bridgehead atoms. The minimum absolute atomic E-state index is 0.0209. The second-order valence-corrected chi connectivity index (χ2v) is 3.81. The van der Waals surface area contributed by atoms with E-state index in [2.05, 4.69) is 5.32 Å². The number of carbonyl (C=O) groups excluding carboxylic acids is 1. The summed E-state index contributed by atoms with van der Waals surface area (Å²) in [6.45, 7) is 2.07. The molecule has 0 radical (unpaired) electrons. The van der Waals surface area contributed by atoms with Crippen molar-refractivity contribution < 1.29 is 4.79 Å². The van der Waals surface area contributed by atoms with Crippen LogP contribution in [0.4, 0.5) is 5.69 Å². The topological polar surface area (TPSA) is 55.1 Å². The lowest BCUT2D eigenvalue weighted by Gasteiger charge is -2.07. The quantitative estimate of drug-likeness (QED) is 0.752. The van der Waals surface area contributed by atoms with Crippen LogP contribution in [0.15, 0.2) is 36.4 Å². The molecule has 2 aromatic carbocycles. The number of anilines is 1. The zero-order valence-corrected chi connectivity index (χ0v) is 9.16. The van der Waals surface area contributed by atoms with E-state index < -0.39 is 0 Å². The maximum absolute atomic E-state index is 10.9. The molecule has 0 atom stereocenters. The van der Waals surface area contributed by atoms with Gasteiger partial charge in [-0.25, -0.2) is 0 Å². The highest BCUT2D eigenvalue weighted by Gasteiger charge is 2.01. The Hall–Kier alpha value is -2.03. The molecule has 0 saturated carbocycles. The Labute approximate surface area is 94.3 Å². The van der Waals surface area contributed by atoms with Gasteiger partial charge in [-0.15, -0.1) is 0 Å². The number of carbonyl (C=O) groups is 1. The van der Waals surface area contributed by atoms with Gasteiger partial charge in [0.15, 0.2) is 0 Å². The average molecular weight is 214 g/mol. The van der Waals surface area contributed by atoms with Gasteiger partial charge in [0, 0.05) is 19.2 Å². The van der Waals surface area contributed by atoms with E-state index in [9.17, 15) is 4.79 Å². The number of rotatable bonds is 2. The largest absolute Gasteiger partial charge is 0.399 e. The molecule has 3 nitrogen and oxygen atoms in total. The summed E-state index contributed by atoms with van der Waals surface area (Å²) in [5.74, 6) is -0.0209. The molecule has 16 heavy (non-hydrogen) atoms. The van der Waals surface area contributed by atoms with Crippen LogP contribution in [0.5, 0.6) is 0 Å². The van der Waals surface area contributed by atoms with Gasteiger partial charge in [-0.05, 0) is 28.5 Å². The first kappa shape index (κ1) is 10.5. The molecule has 82 valence electrons. The summed E-state index contributed by atoms with van der Waals surface area (Å²) in [6.07, 6.45) is 0. The summed E-state index contributed by atoms with van der Waals surface area (Å²) in [7, 11) is 0. The molecule has 0 fully saturated rings. The molecule has 0 spiro atoms. The van der Waals surface area contributed by atoms with Crippen LogP contribution in [0.3, 0.4) is 0 Å². The van der Waals surface area contributed by atoms with Gasteiger partial charge in [0.05, 0.1) is 0 Å². The van der Waals surface area contributed by atoms with E-state index in [0.717, 1.165) is 22.0 Å². The number of nitrogen functional groups attached to an aromatic ring is 1. The van der Waals surface area contributed by atoms with Crippen molar-refractivity contribution in [2.45, 2.75) is 13.5 Å². The second kappa shape index (κ2) is 4.23. The third kappa shape index (κ3) is 2.14. The number of nitrogens with one attached hydrogen (secondary N) is 1. The van der Waals surface area contributed by atoms with Crippen molar-refractivity contribution in [3.8, 4) is 0 Å². The van der Waals surface area contributed by atoms with Crippen LogP contribution >= 0.6 is 0 Å². The SMILES string of the molecule is CC(=O)NCc1cccc2cc(N)ccc12. The second-order valence-electron chi connectivity index (χ2n) is 3.81. The summed E-state index contributed by atoms with van der Waals surface area (Å²) in [5, 5.41) is 5.03. The zero-order valence-electron chi connectivity index (χ0n) is 9.16. The summed E-state index contributed by atoms with van der Waals surface area (Å²) < 4.78 is 0. The summed E-state index contributed by atoms with van der Waals surface area (Å²) >= 11 is 0. The maximum Gasteiger partial charge on any atom is 0.217 e. The fourth-order valence-corrected chi connectivity index (χ4v) is 1.74. The Morgan fingerprint density at radius 1 is 1.31 bits per heavy atom. The van der Waals surface area contributed by atoms with E-state index in [1.165, 1.54) is 6.92 Å². The Kier molecular flexibility index (Phi) is 2.77. The Morgan fingerprint density at radius 3 is 2.88 bits per heavy atom. The molecule has 0 aliphatic heterocycles. The van der Waals surface area contributed by atoms with Gasteiger partial charge in [0.2, 0.25) is 5.91 Å². The molecule has 0 heterocycles. The van der Waals surface area contributed by atoms with Crippen LogP contribution in [0.25, 0.3) is 10.8 Å². The highest BCUT2D eigenvalue weighted by atomic mass is 16.1. The van der Waals surface area contributed by atoms with Gasteiger partial charge < -0.3 is 11.1 Å². The fourth-order valence-electron chi connectivity index (χ4n) is 1.74. The number of nitrogens with two attached hydrogens (primary N) is 1. The molecule has 2 aromatic rings. The molecule has 0 saturated heterocycles. The molecule has 0 aliphatic carbocycles. The van der Waals surface area contributed by atoms with Gasteiger partial charge in [0.1, 0.15) is 0 Å². The molecular formula is C13H14N2O. The minimum Gasteiger partial charge on any atom is -0.399 e. The monoisotopic (exact) mass is 214 g/mol. The molecule has 3 N–H and O–H groups in total. The minimum atomic E-state index is -0.0209. The molecule has 3 heteroatoms. The van der Waals surface area contributed by atoms with Crippen LogP contribution < -0.4 is 11.1 Å². The molecule has 0 aromatic heterocycles. The number of benzene rings is 2. The summed E-state index contributed by atoms with van der Waals surface area (Å²) in [6, 6.07) is 11.8. The lowest BCUT2D eigenvalue weighted by Crippen LogP contribution is -2.18. The van der Waals surface area contributed by atoms with Crippen molar-refractivity contribution in [1.82, 2.24) is 5.32 Å². The van der Waals surface area contributed by atoms with Crippen molar-refractivity contribution >= 4 is 22.4 Å². The van der Waals surface area contributed by atoms with E-state index >= 15 is 0 Å². The predicted octanol–water partition coefficient (Wildman–Crippen LogP) is 2.06.